The molecule has 0 saturated heterocycles. The summed E-state index contributed by atoms with van der Waals surface area (Å²) >= 11 is 0. The van der Waals surface area contributed by atoms with E-state index in [-0.39, 0.29) is 23.1 Å². The van der Waals surface area contributed by atoms with Crippen molar-refractivity contribution < 1.29 is 19.7 Å². The van der Waals surface area contributed by atoms with Crippen molar-refractivity contribution in [3.63, 3.8) is 0 Å². The van der Waals surface area contributed by atoms with E-state index in [0.717, 1.165) is 31.2 Å². The first-order chi connectivity index (χ1) is 11.5. The van der Waals surface area contributed by atoms with Crippen LogP contribution in [0.4, 0.5) is 0 Å². The second kappa shape index (κ2) is 5.48. The van der Waals surface area contributed by atoms with Crippen molar-refractivity contribution in [3.8, 4) is 11.5 Å². The third-order valence-corrected chi connectivity index (χ3v) is 6.94. The number of benzene rings is 1. The topological polar surface area (TPSA) is 66.8 Å². The van der Waals surface area contributed by atoms with Gasteiger partial charge in [0.2, 0.25) is 0 Å². The number of carbonyl (C=O) groups excluding carboxylic acids is 1. The molecule has 4 rings (SSSR count). The Morgan fingerprint density at radius 3 is 2.83 bits per heavy atom. The molecule has 130 valence electrons. The molecular formula is C20H26O4. The molecule has 1 aromatic rings. The molecule has 5 atom stereocenters. The third kappa shape index (κ3) is 2.12. The average molecular weight is 330 g/mol. The lowest BCUT2D eigenvalue weighted by atomic mass is 9.55. The van der Waals surface area contributed by atoms with E-state index in [2.05, 4.69) is 6.92 Å². The van der Waals surface area contributed by atoms with Crippen LogP contribution < -0.4 is 4.74 Å². The van der Waals surface area contributed by atoms with Gasteiger partial charge in [-0.05, 0) is 73.5 Å². The highest BCUT2D eigenvalue weighted by molar-refractivity contribution is 5.99. The van der Waals surface area contributed by atoms with Crippen molar-refractivity contribution in [1.82, 2.24) is 0 Å². The Hall–Kier alpha value is -1.55. The maximum atomic E-state index is 12.7. The number of aromatic hydroxyl groups is 1. The lowest BCUT2D eigenvalue weighted by Crippen LogP contribution is -2.44. The number of rotatable bonds is 2. The highest BCUT2D eigenvalue weighted by atomic mass is 16.5. The van der Waals surface area contributed by atoms with Gasteiger partial charge in [0.1, 0.15) is 0 Å². The van der Waals surface area contributed by atoms with Crippen molar-refractivity contribution in [1.29, 1.82) is 0 Å². The zero-order valence-electron chi connectivity index (χ0n) is 14.4. The predicted molar refractivity (Wildman–Crippen MR) is 90.5 cm³/mol. The summed E-state index contributed by atoms with van der Waals surface area (Å²) < 4.78 is 5.54. The molecule has 0 heterocycles. The second-order valence-corrected chi connectivity index (χ2v) is 7.98. The zero-order chi connectivity index (χ0) is 17.1. The van der Waals surface area contributed by atoms with Crippen molar-refractivity contribution >= 4 is 5.78 Å². The molecule has 3 aliphatic rings. The molecule has 1 aromatic carbocycles. The molecule has 24 heavy (non-hydrogen) atoms. The van der Waals surface area contributed by atoms with Crippen LogP contribution in [0.3, 0.4) is 0 Å². The van der Waals surface area contributed by atoms with E-state index >= 15 is 0 Å². The van der Waals surface area contributed by atoms with Gasteiger partial charge >= 0.3 is 0 Å². The van der Waals surface area contributed by atoms with E-state index in [1.165, 1.54) is 0 Å². The Kier molecular flexibility index (Phi) is 3.64. The molecule has 4 heteroatoms. The molecule has 0 bridgehead atoms. The maximum Gasteiger partial charge on any atom is 0.163 e. The maximum absolute atomic E-state index is 12.7. The molecule has 0 amide bonds. The Morgan fingerprint density at radius 1 is 1.29 bits per heavy atom. The number of phenols is 1. The number of hydrogen-bond acceptors (Lipinski definition) is 4. The fourth-order valence-electron chi connectivity index (χ4n) is 5.66. The Morgan fingerprint density at radius 2 is 2.08 bits per heavy atom. The van der Waals surface area contributed by atoms with E-state index < -0.39 is 0 Å². The molecule has 0 radical (unpaired) electrons. The predicted octanol–water partition coefficient (Wildman–Crippen LogP) is 3.65. The van der Waals surface area contributed by atoms with Crippen LogP contribution in [0.25, 0.3) is 0 Å². The van der Waals surface area contributed by atoms with Crippen LogP contribution in [0.5, 0.6) is 11.5 Å². The van der Waals surface area contributed by atoms with Crippen LogP contribution in [0.1, 0.15) is 67.8 Å². The summed E-state index contributed by atoms with van der Waals surface area (Å²) in [6, 6.07) is 3.48. The molecule has 1 unspecified atom stereocenters. The Balaban J connectivity index is 1.76. The molecule has 0 aromatic heterocycles. The quantitative estimate of drug-likeness (QED) is 0.868. The van der Waals surface area contributed by atoms with Crippen LogP contribution in [0, 0.1) is 17.3 Å². The molecule has 0 spiro atoms. The monoisotopic (exact) mass is 330 g/mol. The van der Waals surface area contributed by atoms with Gasteiger partial charge in [0.15, 0.2) is 17.3 Å². The number of ether oxygens (including phenoxy) is 1. The van der Waals surface area contributed by atoms with Gasteiger partial charge in [0, 0.05) is 12.0 Å². The molecule has 2 fully saturated rings. The number of phenolic OH excluding ortho intramolecular Hbond substituents is 1. The minimum absolute atomic E-state index is 0.0430. The molecule has 0 aliphatic heterocycles. The second-order valence-electron chi connectivity index (χ2n) is 7.98. The van der Waals surface area contributed by atoms with Gasteiger partial charge in [0.25, 0.3) is 0 Å². The molecule has 3 aliphatic carbocycles. The molecule has 4 nitrogen and oxygen atoms in total. The minimum Gasteiger partial charge on any atom is -0.504 e. The van der Waals surface area contributed by atoms with Crippen LogP contribution >= 0.6 is 0 Å². The van der Waals surface area contributed by atoms with Crippen molar-refractivity contribution in [2.75, 3.05) is 6.61 Å². The first-order valence-corrected chi connectivity index (χ1v) is 9.16. The van der Waals surface area contributed by atoms with Gasteiger partial charge in [-0.25, -0.2) is 0 Å². The number of fused-ring (bicyclic) bond motifs is 5. The number of hydrogen-bond donors (Lipinski definition) is 2. The summed E-state index contributed by atoms with van der Waals surface area (Å²) in [5.41, 5.74) is 1.67. The fraction of sp³-hybridized carbons (Fsp3) is 0.650. The zero-order valence-corrected chi connectivity index (χ0v) is 14.4. The molecule has 2 saturated carbocycles. The van der Waals surface area contributed by atoms with Gasteiger partial charge in [-0.2, -0.15) is 0 Å². The smallest absolute Gasteiger partial charge is 0.163 e. The SMILES string of the molecule is CCOc1cc2c(cc1O)C(=O)C[C@@H]1[C@@H]2CC[C@]2(C)C(O)CC[C@@H]12. The molecule has 2 N–H and O–H groups in total. The van der Waals surface area contributed by atoms with E-state index in [1.54, 1.807) is 6.07 Å². The Bertz CT molecular complexity index is 682. The highest BCUT2D eigenvalue weighted by Crippen LogP contribution is 2.61. The van der Waals surface area contributed by atoms with E-state index in [9.17, 15) is 15.0 Å². The van der Waals surface area contributed by atoms with Crippen molar-refractivity contribution in [3.05, 3.63) is 23.3 Å². The fourth-order valence-corrected chi connectivity index (χ4v) is 5.66. The summed E-state index contributed by atoms with van der Waals surface area (Å²) in [6.45, 7) is 4.58. The third-order valence-electron chi connectivity index (χ3n) is 6.94. The van der Waals surface area contributed by atoms with Crippen molar-refractivity contribution in [2.24, 2.45) is 17.3 Å². The van der Waals surface area contributed by atoms with Gasteiger partial charge < -0.3 is 14.9 Å². The number of aliphatic hydroxyl groups excluding tert-OH is 1. The largest absolute Gasteiger partial charge is 0.504 e. The van der Waals surface area contributed by atoms with Crippen LogP contribution in [-0.4, -0.2) is 28.7 Å². The number of ketones is 1. The Labute approximate surface area is 142 Å². The number of aliphatic hydroxyl groups is 1. The summed E-state index contributed by atoms with van der Waals surface area (Å²) in [5.74, 6) is 1.70. The van der Waals surface area contributed by atoms with Gasteiger partial charge in [-0.1, -0.05) is 6.92 Å². The summed E-state index contributed by atoms with van der Waals surface area (Å²) in [5, 5.41) is 20.6. The van der Waals surface area contributed by atoms with E-state index in [1.807, 2.05) is 13.0 Å². The highest BCUT2D eigenvalue weighted by Gasteiger charge is 2.55. The number of carbonyl (C=O) groups is 1. The van der Waals surface area contributed by atoms with Gasteiger partial charge in [-0.3, -0.25) is 4.79 Å². The lowest BCUT2D eigenvalue weighted by Gasteiger charge is -2.49. The van der Waals surface area contributed by atoms with Crippen LogP contribution in [0.15, 0.2) is 12.1 Å². The first kappa shape index (κ1) is 15.9. The first-order valence-electron chi connectivity index (χ1n) is 9.16. The average Bonchev–Trinajstić information content (AvgIpc) is 2.85. The van der Waals surface area contributed by atoms with E-state index in [4.69, 9.17) is 4.74 Å². The summed E-state index contributed by atoms with van der Waals surface area (Å²) in [6.07, 6.45) is 4.16. The van der Waals surface area contributed by atoms with Crippen LogP contribution in [-0.2, 0) is 0 Å². The molecular weight excluding hydrogens is 304 g/mol. The van der Waals surface area contributed by atoms with Gasteiger partial charge in [-0.15, -0.1) is 0 Å². The summed E-state index contributed by atoms with van der Waals surface area (Å²) in [4.78, 5) is 12.7. The summed E-state index contributed by atoms with van der Waals surface area (Å²) in [7, 11) is 0. The van der Waals surface area contributed by atoms with E-state index in [0.29, 0.717) is 42.1 Å². The lowest BCUT2D eigenvalue weighted by molar-refractivity contribution is -0.0208. The number of Topliss-reactive ketones (excluding diaryl/α,β-unsaturated/α-hetero) is 1. The van der Waals surface area contributed by atoms with Crippen LogP contribution in [0.2, 0.25) is 0 Å². The minimum atomic E-state index is -0.237. The van der Waals surface area contributed by atoms with Gasteiger partial charge in [0.05, 0.1) is 12.7 Å². The van der Waals surface area contributed by atoms with Crippen molar-refractivity contribution in [2.45, 2.75) is 58.0 Å². The normalized spacial score (nSPS) is 37.5. The standard InChI is InChI=1S/C20H26O4/c1-3-24-18-10-12-11-6-7-20(2)15(4-5-19(20)23)13(11)8-16(21)14(12)9-17(18)22/h9-11,13,15,19,22-23H,3-8H2,1-2H3/t11-,13-,15+,19?,20+/m1/s1.